The van der Waals surface area contributed by atoms with Gasteiger partial charge in [-0.1, -0.05) is 17.3 Å². The van der Waals surface area contributed by atoms with E-state index in [9.17, 15) is 9.90 Å². The number of aromatic nitrogens is 6. The number of nitrogen functional groups attached to an aromatic ring is 1. The molecule has 3 N–H and O–H groups in total. The third-order valence-electron chi connectivity index (χ3n) is 8.14. The van der Waals surface area contributed by atoms with Crippen LogP contribution >= 0.6 is 0 Å². The van der Waals surface area contributed by atoms with E-state index in [1.807, 2.05) is 15.3 Å². The fraction of sp³-hybridized carbons (Fsp3) is 0.483. The summed E-state index contributed by atoms with van der Waals surface area (Å²) in [6.45, 7) is 9.75. The number of amides is 1. The Hall–Kier alpha value is -4.03. The average molecular weight is 560 g/mol. The first-order valence-electron chi connectivity index (χ1n) is 14.1. The fourth-order valence-corrected chi connectivity index (χ4v) is 6.32. The molecular weight excluding hydrogens is 522 g/mol. The monoisotopic (exact) mass is 559 g/mol. The SMILES string of the molecule is C[C@@H]1CN(C(=O)C(C)(C)O)C[C@H](C)N1c1cccc(-c2cc(-c3cnnn3C3CCOCC3)c3c(N)ncnn23)c1. The van der Waals surface area contributed by atoms with Crippen molar-refractivity contribution in [1.29, 1.82) is 0 Å². The maximum absolute atomic E-state index is 12.8. The van der Waals surface area contributed by atoms with Crippen LogP contribution < -0.4 is 10.6 Å². The van der Waals surface area contributed by atoms with Gasteiger partial charge in [-0.3, -0.25) is 4.79 Å². The van der Waals surface area contributed by atoms with Gasteiger partial charge in [0.25, 0.3) is 5.91 Å². The minimum Gasteiger partial charge on any atom is -0.382 e. The number of carbonyl (C=O) groups excluding carboxylic acids is 1. The molecule has 12 nitrogen and oxygen atoms in total. The predicted octanol–water partition coefficient (Wildman–Crippen LogP) is 2.78. The topological polar surface area (TPSA) is 140 Å². The van der Waals surface area contributed by atoms with E-state index in [1.54, 1.807) is 24.9 Å². The molecule has 0 unspecified atom stereocenters. The van der Waals surface area contributed by atoms with E-state index in [-0.39, 0.29) is 24.0 Å². The Morgan fingerprint density at radius 2 is 1.83 bits per heavy atom. The average Bonchev–Trinajstić information content (AvgIpc) is 3.58. The number of nitrogens with two attached hydrogens (primary N) is 1. The number of anilines is 2. The Morgan fingerprint density at radius 1 is 1.10 bits per heavy atom. The molecule has 0 saturated carbocycles. The van der Waals surface area contributed by atoms with Gasteiger partial charge in [0.2, 0.25) is 0 Å². The third kappa shape index (κ3) is 4.91. The molecule has 3 aromatic heterocycles. The maximum Gasteiger partial charge on any atom is 0.254 e. The van der Waals surface area contributed by atoms with Crippen LogP contribution in [0.3, 0.4) is 0 Å². The largest absolute Gasteiger partial charge is 0.382 e. The number of rotatable bonds is 5. The van der Waals surface area contributed by atoms with Gasteiger partial charge in [0, 0.05) is 55.2 Å². The van der Waals surface area contributed by atoms with E-state index < -0.39 is 5.60 Å². The van der Waals surface area contributed by atoms with Gasteiger partial charge in [0.05, 0.1) is 23.6 Å². The van der Waals surface area contributed by atoms with E-state index >= 15 is 0 Å². The quantitative estimate of drug-likeness (QED) is 0.378. The zero-order valence-electron chi connectivity index (χ0n) is 23.9. The molecule has 2 aliphatic heterocycles. The van der Waals surface area contributed by atoms with E-state index in [2.05, 4.69) is 63.4 Å². The van der Waals surface area contributed by atoms with E-state index in [4.69, 9.17) is 10.5 Å². The van der Waals surface area contributed by atoms with Crippen molar-refractivity contribution in [1.82, 2.24) is 34.5 Å². The van der Waals surface area contributed by atoms with Crippen LogP contribution in [0.5, 0.6) is 0 Å². The number of aliphatic hydroxyl groups is 1. The molecule has 6 rings (SSSR count). The van der Waals surface area contributed by atoms with Crippen LogP contribution in [0.25, 0.3) is 28.0 Å². The highest BCUT2D eigenvalue weighted by atomic mass is 16.5. The molecule has 0 bridgehead atoms. The molecule has 0 spiro atoms. The number of piperazine rings is 1. The molecule has 5 heterocycles. The summed E-state index contributed by atoms with van der Waals surface area (Å²) >= 11 is 0. The highest BCUT2D eigenvalue weighted by molar-refractivity contribution is 5.91. The Kier molecular flexibility index (Phi) is 6.90. The van der Waals surface area contributed by atoms with Crippen molar-refractivity contribution >= 4 is 22.9 Å². The number of hydrogen-bond donors (Lipinski definition) is 2. The number of fused-ring (bicyclic) bond motifs is 1. The van der Waals surface area contributed by atoms with E-state index in [0.29, 0.717) is 37.6 Å². The van der Waals surface area contributed by atoms with Crippen LogP contribution in [0.15, 0.2) is 42.9 Å². The molecule has 0 radical (unpaired) electrons. The Bertz CT molecular complexity index is 1560. The highest BCUT2D eigenvalue weighted by Gasteiger charge is 2.37. The molecule has 2 fully saturated rings. The summed E-state index contributed by atoms with van der Waals surface area (Å²) in [5.41, 5.74) is 10.4. The highest BCUT2D eigenvalue weighted by Crippen LogP contribution is 2.37. The zero-order valence-corrected chi connectivity index (χ0v) is 23.9. The lowest BCUT2D eigenvalue weighted by Gasteiger charge is -2.47. The van der Waals surface area contributed by atoms with Gasteiger partial charge in [-0.2, -0.15) is 5.10 Å². The van der Waals surface area contributed by atoms with Crippen molar-refractivity contribution in [3.63, 3.8) is 0 Å². The lowest BCUT2D eigenvalue weighted by atomic mass is 10.0. The normalized spacial score (nSPS) is 20.6. The second kappa shape index (κ2) is 10.4. The molecule has 1 amide bonds. The first-order chi connectivity index (χ1) is 19.6. The van der Waals surface area contributed by atoms with Crippen LogP contribution in [-0.4, -0.2) is 89.5 Å². The van der Waals surface area contributed by atoms with Crippen LogP contribution in [0, 0.1) is 0 Å². The summed E-state index contributed by atoms with van der Waals surface area (Å²) in [7, 11) is 0. The van der Waals surface area contributed by atoms with E-state index in [0.717, 1.165) is 41.0 Å². The van der Waals surface area contributed by atoms with Gasteiger partial charge in [0.1, 0.15) is 17.4 Å². The van der Waals surface area contributed by atoms with Crippen molar-refractivity contribution in [3.8, 4) is 22.5 Å². The molecule has 41 heavy (non-hydrogen) atoms. The number of hydrogen-bond acceptors (Lipinski definition) is 9. The molecule has 12 heteroatoms. The summed E-state index contributed by atoms with van der Waals surface area (Å²) < 4.78 is 9.38. The number of ether oxygens (including phenoxy) is 1. The predicted molar refractivity (Wildman–Crippen MR) is 155 cm³/mol. The van der Waals surface area contributed by atoms with Gasteiger partial charge in [-0.05, 0) is 58.7 Å². The maximum atomic E-state index is 12.8. The summed E-state index contributed by atoms with van der Waals surface area (Å²) in [4.78, 5) is 21.2. The molecule has 1 aromatic carbocycles. The van der Waals surface area contributed by atoms with Gasteiger partial charge in [-0.25, -0.2) is 14.2 Å². The molecular formula is C29H37N9O3. The first-order valence-corrected chi connectivity index (χ1v) is 14.1. The van der Waals surface area contributed by atoms with Crippen molar-refractivity contribution in [2.24, 2.45) is 0 Å². The second-order valence-electron chi connectivity index (χ2n) is 11.7. The summed E-state index contributed by atoms with van der Waals surface area (Å²) in [6.07, 6.45) is 4.98. The zero-order chi connectivity index (χ0) is 28.9. The standard InChI is InChI=1S/C29H37N9O3/c1-18-15-35(28(39)29(3,4)40)16-19(2)36(18)22-7-5-6-20(12-22)24-13-23(26-27(30)31-17-33-38(24)26)25-14-32-34-37(25)21-8-10-41-11-9-21/h5-7,12-14,17-19,21,40H,8-11,15-16H2,1-4H3,(H2,30,31,33)/t18-,19+. The van der Waals surface area contributed by atoms with Gasteiger partial charge >= 0.3 is 0 Å². The number of benzene rings is 1. The minimum absolute atomic E-state index is 0.0535. The first kappa shape index (κ1) is 27.2. The number of nitrogens with zero attached hydrogens (tertiary/aromatic N) is 8. The summed E-state index contributed by atoms with van der Waals surface area (Å²) in [6, 6.07) is 10.7. The van der Waals surface area contributed by atoms with E-state index in [1.165, 1.54) is 6.33 Å². The molecule has 2 saturated heterocycles. The Morgan fingerprint density at radius 3 is 2.54 bits per heavy atom. The summed E-state index contributed by atoms with van der Waals surface area (Å²) in [5.74, 6) is 0.135. The van der Waals surface area contributed by atoms with Gasteiger partial charge in [0.15, 0.2) is 5.82 Å². The van der Waals surface area contributed by atoms with Gasteiger partial charge in [-0.15, -0.1) is 5.10 Å². The van der Waals surface area contributed by atoms with Crippen LogP contribution in [-0.2, 0) is 9.53 Å². The third-order valence-corrected chi connectivity index (χ3v) is 8.14. The van der Waals surface area contributed by atoms with Crippen molar-refractivity contribution in [2.45, 2.75) is 64.3 Å². The Balaban J connectivity index is 1.38. The van der Waals surface area contributed by atoms with Crippen LogP contribution in [0.2, 0.25) is 0 Å². The lowest BCUT2D eigenvalue weighted by Crippen LogP contribution is -2.61. The lowest BCUT2D eigenvalue weighted by molar-refractivity contribution is -0.149. The van der Waals surface area contributed by atoms with Crippen molar-refractivity contribution < 1.29 is 14.6 Å². The summed E-state index contributed by atoms with van der Waals surface area (Å²) in [5, 5.41) is 23.6. The van der Waals surface area contributed by atoms with Crippen LogP contribution in [0.4, 0.5) is 11.5 Å². The molecule has 0 aliphatic carbocycles. The molecule has 216 valence electrons. The molecule has 2 atom stereocenters. The minimum atomic E-state index is -1.39. The van der Waals surface area contributed by atoms with Gasteiger partial charge < -0.3 is 25.4 Å². The fourth-order valence-electron chi connectivity index (χ4n) is 6.32. The molecule has 2 aliphatic rings. The van der Waals surface area contributed by atoms with Crippen LogP contribution in [0.1, 0.15) is 46.6 Å². The van der Waals surface area contributed by atoms with Crippen molar-refractivity contribution in [3.05, 3.63) is 42.9 Å². The second-order valence-corrected chi connectivity index (χ2v) is 11.7. The number of carbonyl (C=O) groups is 1. The van der Waals surface area contributed by atoms with Crippen molar-refractivity contribution in [2.75, 3.05) is 36.9 Å². The smallest absolute Gasteiger partial charge is 0.254 e. The molecule has 4 aromatic rings. The Labute approximate surface area is 238 Å².